The lowest BCUT2D eigenvalue weighted by Crippen LogP contribution is -2.49. The Morgan fingerprint density at radius 3 is 1.31 bits per heavy atom. The third-order valence-electron chi connectivity index (χ3n) is 12.9. The van der Waals surface area contributed by atoms with Crippen LogP contribution in [-0.4, -0.2) is 90.7 Å². The molecule has 13 nitrogen and oxygen atoms in total. The molecule has 4 aliphatic rings. The Balaban J connectivity index is 0.000000218. The maximum absolute atomic E-state index is 13.2. The lowest BCUT2D eigenvalue weighted by molar-refractivity contribution is -0.138. The van der Waals surface area contributed by atoms with Gasteiger partial charge in [-0.15, -0.1) is 0 Å². The van der Waals surface area contributed by atoms with E-state index >= 15 is 0 Å². The number of alkyl halides is 6. The van der Waals surface area contributed by atoms with E-state index in [2.05, 4.69) is 0 Å². The van der Waals surface area contributed by atoms with Crippen molar-refractivity contribution in [1.29, 1.82) is 0 Å². The number of rotatable bonds is 6. The van der Waals surface area contributed by atoms with Crippen LogP contribution in [0, 0.1) is 0 Å². The number of nitrogens with zero attached hydrogens (tertiary/aromatic N) is 4. The number of carboxylic acid groups (broad SMARTS) is 1. The molecule has 8 rings (SSSR count). The van der Waals surface area contributed by atoms with E-state index in [-0.39, 0.29) is 60.8 Å². The molecule has 2 saturated heterocycles. The molecule has 4 aromatic rings. The van der Waals surface area contributed by atoms with Crippen molar-refractivity contribution in [2.24, 2.45) is 5.73 Å². The molecule has 4 aliphatic heterocycles. The van der Waals surface area contributed by atoms with Crippen LogP contribution in [0.15, 0.2) is 97.1 Å². The van der Waals surface area contributed by atoms with Gasteiger partial charge in [-0.25, -0.2) is 4.79 Å². The highest BCUT2D eigenvalue weighted by molar-refractivity contribution is 6.10. The number of hydrogen-bond acceptors (Lipinski definition) is 7. The monoisotopic (exact) mass is 932 g/mol. The fraction of sp³-hybridized carbons (Fsp3) is 0.292. The van der Waals surface area contributed by atoms with Gasteiger partial charge in [-0.3, -0.25) is 24.0 Å². The largest absolute Gasteiger partial charge is 0.478 e. The number of halogens is 6. The molecule has 0 aliphatic carbocycles. The molecule has 0 atom stereocenters. The molecule has 352 valence electrons. The van der Waals surface area contributed by atoms with Crippen molar-refractivity contribution in [2.45, 2.75) is 48.9 Å². The van der Waals surface area contributed by atoms with Crippen LogP contribution in [0.25, 0.3) is 12.2 Å². The number of fused-ring (bicyclic) bond motifs is 4. The minimum absolute atomic E-state index is 0. The summed E-state index contributed by atoms with van der Waals surface area (Å²) in [4.78, 5) is 80.7. The Morgan fingerprint density at radius 1 is 0.597 bits per heavy atom. The zero-order valence-electron chi connectivity index (χ0n) is 36.3. The van der Waals surface area contributed by atoms with Gasteiger partial charge in [0.05, 0.1) is 27.5 Å². The third kappa shape index (κ3) is 9.27. The van der Waals surface area contributed by atoms with Crippen LogP contribution < -0.4 is 21.7 Å². The summed E-state index contributed by atoms with van der Waals surface area (Å²) < 4.78 is 79.0. The number of piperidine rings is 2. The molecule has 4 heterocycles. The first-order valence-corrected chi connectivity index (χ1v) is 20.7. The van der Waals surface area contributed by atoms with Gasteiger partial charge in [0.15, 0.2) is 0 Å². The first-order chi connectivity index (χ1) is 31.1. The van der Waals surface area contributed by atoms with Gasteiger partial charge < -0.3 is 36.6 Å². The number of benzene rings is 4. The van der Waals surface area contributed by atoms with Crippen LogP contribution in [0.1, 0.15) is 79.8 Å². The van der Waals surface area contributed by atoms with E-state index in [1.54, 1.807) is 43.3 Å². The predicted molar refractivity (Wildman–Crippen MR) is 236 cm³/mol. The van der Waals surface area contributed by atoms with Gasteiger partial charge in [-0.05, 0) is 109 Å². The average Bonchev–Trinajstić information content (AvgIpc) is 3.62. The van der Waals surface area contributed by atoms with E-state index in [0.29, 0.717) is 53.7 Å². The Kier molecular flexibility index (Phi) is 13.6. The summed E-state index contributed by atoms with van der Waals surface area (Å²) in [6.45, 7) is 0.953. The van der Waals surface area contributed by atoms with E-state index in [1.807, 2.05) is 0 Å². The number of carboxylic acids is 1. The normalized spacial score (nSPS) is 17.4. The number of amides is 5. The van der Waals surface area contributed by atoms with Crippen molar-refractivity contribution in [1.82, 2.24) is 16.0 Å². The third-order valence-corrected chi connectivity index (χ3v) is 12.9. The second-order valence-corrected chi connectivity index (χ2v) is 16.5. The molecule has 6 N–H and O–H groups in total. The number of anilines is 2. The van der Waals surface area contributed by atoms with Crippen molar-refractivity contribution >= 4 is 59.0 Å². The highest BCUT2D eigenvalue weighted by atomic mass is 19.4. The zero-order chi connectivity index (χ0) is 47.9. The van der Waals surface area contributed by atoms with Crippen LogP contribution in [-0.2, 0) is 42.4 Å². The number of hydrogen-bond donors (Lipinski definition) is 3. The van der Waals surface area contributed by atoms with Gasteiger partial charge in [-0.2, -0.15) is 26.3 Å². The van der Waals surface area contributed by atoms with E-state index in [4.69, 9.17) is 5.73 Å². The average molecular weight is 933 g/mol. The van der Waals surface area contributed by atoms with Gasteiger partial charge in [0.25, 0.3) is 0 Å². The van der Waals surface area contributed by atoms with Gasteiger partial charge >= 0.3 is 18.3 Å². The molecule has 0 saturated carbocycles. The van der Waals surface area contributed by atoms with Crippen LogP contribution in [0.4, 0.5) is 37.7 Å². The highest BCUT2D eigenvalue weighted by Crippen LogP contribution is 2.49. The van der Waals surface area contributed by atoms with Gasteiger partial charge in [0.2, 0.25) is 29.5 Å². The minimum atomic E-state index is -4.53. The molecule has 5 amide bonds. The number of aromatic carboxylic acids is 1. The Bertz CT molecular complexity index is 2520. The highest BCUT2D eigenvalue weighted by Gasteiger charge is 2.53. The standard InChI is InChI=1S/C24H22F3N3O3.C24H21F3N2O4.H3N/c1-29-19-8-6-16(21(28)32)14-18(19)23(22(29)33)10-12-30(13-11-23)20(31)9-7-15-4-2-3-5-17(15)24(25,26)27;1-28-19-8-6-16(21(31)32)14-18(19)23(22(28)33)10-12-29(13-11-23)20(30)9-7-15-4-2-3-5-17(15)24(25,26)27;/h2-9,14H,10-13H2,1H3,(H2,28,32);2-9,14H,10-13H2,1H3,(H,31,32);1H3/b2*9-7+;. The lowest BCUT2D eigenvalue weighted by Gasteiger charge is -2.38. The van der Waals surface area contributed by atoms with Gasteiger partial charge in [-0.1, -0.05) is 36.4 Å². The van der Waals surface area contributed by atoms with Crippen LogP contribution >= 0.6 is 0 Å². The Hall–Kier alpha value is -7.28. The topological polar surface area (TPSA) is 197 Å². The first kappa shape index (κ1) is 49.2. The smallest absolute Gasteiger partial charge is 0.416 e. The maximum Gasteiger partial charge on any atom is 0.416 e. The van der Waals surface area contributed by atoms with E-state index in [0.717, 1.165) is 30.4 Å². The molecular weight excluding hydrogens is 887 g/mol. The number of carbonyl (C=O) groups is 6. The lowest BCUT2D eigenvalue weighted by atomic mass is 9.73. The van der Waals surface area contributed by atoms with Gasteiger partial charge in [0, 0.05) is 69.4 Å². The number of primary amides is 1. The second kappa shape index (κ2) is 18.5. The van der Waals surface area contributed by atoms with Crippen molar-refractivity contribution in [2.75, 3.05) is 50.1 Å². The van der Waals surface area contributed by atoms with E-state index in [9.17, 15) is 60.2 Å². The Labute approximate surface area is 380 Å². The SMILES string of the molecule is CN1C(=O)C2(CCN(C(=O)/C=C/c3ccccc3C(F)(F)F)CC2)c2cc(C(=O)O)ccc21.CN1C(=O)C2(CCN(C(=O)/C=C/c3ccccc3C(F)(F)F)CC2)c2cc(C(N)=O)ccc21.N. The molecule has 0 aromatic heterocycles. The van der Waals surface area contributed by atoms with Crippen LogP contribution in [0.5, 0.6) is 0 Å². The molecule has 0 bridgehead atoms. The quantitative estimate of drug-likeness (QED) is 0.131. The summed E-state index contributed by atoms with van der Waals surface area (Å²) in [6.07, 6.45) is -3.22. The van der Waals surface area contributed by atoms with Gasteiger partial charge in [0.1, 0.15) is 0 Å². The van der Waals surface area contributed by atoms with Crippen LogP contribution in [0.2, 0.25) is 0 Å². The molecule has 0 radical (unpaired) electrons. The van der Waals surface area contributed by atoms with Crippen molar-refractivity contribution < 1.29 is 60.2 Å². The molecule has 0 unspecified atom stereocenters. The van der Waals surface area contributed by atoms with Crippen LogP contribution in [0.3, 0.4) is 0 Å². The predicted octanol–water partition coefficient (Wildman–Crippen LogP) is 7.47. The molecule has 67 heavy (non-hydrogen) atoms. The maximum atomic E-state index is 13.2. The fourth-order valence-corrected chi connectivity index (χ4v) is 9.32. The van der Waals surface area contributed by atoms with Crippen molar-refractivity contribution in [3.63, 3.8) is 0 Å². The molecule has 2 spiro atoms. The summed E-state index contributed by atoms with van der Waals surface area (Å²) in [6, 6.07) is 19.5. The Morgan fingerprint density at radius 2 is 0.955 bits per heavy atom. The fourth-order valence-electron chi connectivity index (χ4n) is 9.32. The second-order valence-electron chi connectivity index (χ2n) is 16.5. The zero-order valence-corrected chi connectivity index (χ0v) is 36.3. The van der Waals surface area contributed by atoms with E-state index in [1.165, 1.54) is 69.3 Å². The molecular formula is C48H46F6N6O7. The molecule has 19 heteroatoms. The summed E-state index contributed by atoms with van der Waals surface area (Å²) in [7, 11) is 3.30. The summed E-state index contributed by atoms with van der Waals surface area (Å²) in [5.74, 6) is -2.81. The number of likely N-dealkylation sites (tertiary alicyclic amines) is 2. The van der Waals surface area contributed by atoms with E-state index < -0.39 is 58.0 Å². The van der Waals surface area contributed by atoms with Crippen molar-refractivity contribution in [3.8, 4) is 0 Å². The number of carbonyl (C=O) groups excluding carboxylic acids is 5. The molecule has 2 fully saturated rings. The summed E-state index contributed by atoms with van der Waals surface area (Å²) in [5.41, 5.74) is 4.89. The van der Waals surface area contributed by atoms with Crippen molar-refractivity contribution in [3.05, 3.63) is 142 Å². The molecule has 4 aromatic carbocycles. The summed E-state index contributed by atoms with van der Waals surface area (Å²) in [5, 5.41) is 9.34. The number of likely N-dealkylation sites (N-methyl/N-ethyl adjacent to an activating group) is 2. The number of nitrogens with two attached hydrogens (primary N) is 1. The first-order valence-electron chi connectivity index (χ1n) is 20.7. The minimum Gasteiger partial charge on any atom is -0.478 e. The summed E-state index contributed by atoms with van der Waals surface area (Å²) >= 11 is 0.